The van der Waals surface area contributed by atoms with Gasteiger partial charge in [-0.05, 0) is 43.5 Å². The molecule has 1 aliphatic carbocycles. The molecule has 21 heavy (non-hydrogen) atoms. The summed E-state index contributed by atoms with van der Waals surface area (Å²) < 4.78 is 6.68. The van der Waals surface area contributed by atoms with Crippen molar-refractivity contribution in [3.8, 4) is 5.75 Å². The van der Waals surface area contributed by atoms with Crippen LogP contribution >= 0.6 is 15.9 Å². The maximum atomic E-state index is 11.7. The third-order valence-electron chi connectivity index (χ3n) is 3.19. The number of ether oxygens (including phenoxy) is 1. The van der Waals surface area contributed by atoms with Crippen molar-refractivity contribution < 1.29 is 9.53 Å². The second kappa shape index (κ2) is 7.80. The van der Waals surface area contributed by atoms with Gasteiger partial charge < -0.3 is 15.4 Å². The van der Waals surface area contributed by atoms with Crippen LogP contribution in [-0.2, 0) is 11.3 Å². The summed E-state index contributed by atoms with van der Waals surface area (Å²) in [7, 11) is 0. The topological polar surface area (TPSA) is 50.4 Å². The number of amides is 1. The van der Waals surface area contributed by atoms with Crippen LogP contribution in [0.25, 0.3) is 0 Å². The highest BCUT2D eigenvalue weighted by atomic mass is 79.9. The summed E-state index contributed by atoms with van der Waals surface area (Å²) in [6, 6.07) is 6.24. The van der Waals surface area contributed by atoms with Crippen LogP contribution in [0.15, 0.2) is 22.7 Å². The number of halogens is 1. The summed E-state index contributed by atoms with van der Waals surface area (Å²) >= 11 is 3.48. The number of hydrogen-bond donors (Lipinski definition) is 2. The van der Waals surface area contributed by atoms with Crippen molar-refractivity contribution in [1.82, 2.24) is 10.6 Å². The quantitative estimate of drug-likeness (QED) is 0.754. The van der Waals surface area contributed by atoms with Gasteiger partial charge in [0.15, 0.2) is 6.61 Å². The molecule has 0 heterocycles. The summed E-state index contributed by atoms with van der Waals surface area (Å²) in [5.41, 5.74) is 1.06. The zero-order valence-electron chi connectivity index (χ0n) is 12.6. The average Bonchev–Trinajstić information content (AvgIpc) is 3.21. The molecule has 0 aliphatic heterocycles. The molecule has 0 aromatic heterocycles. The zero-order chi connectivity index (χ0) is 15.2. The van der Waals surface area contributed by atoms with E-state index in [0.717, 1.165) is 41.7 Å². The maximum Gasteiger partial charge on any atom is 0.258 e. The Kier molecular flexibility index (Phi) is 6.06. The number of carbonyl (C=O) groups excluding carboxylic acids is 1. The first kappa shape index (κ1) is 16.3. The molecule has 2 N–H and O–H groups in total. The van der Waals surface area contributed by atoms with Crippen LogP contribution in [0.4, 0.5) is 0 Å². The van der Waals surface area contributed by atoms with Gasteiger partial charge in [0.2, 0.25) is 0 Å². The molecular weight excluding hydrogens is 332 g/mol. The lowest BCUT2D eigenvalue weighted by Crippen LogP contribution is -2.30. The summed E-state index contributed by atoms with van der Waals surface area (Å²) in [6.07, 6.45) is 2.18. The van der Waals surface area contributed by atoms with Crippen LogP contribution < -0.4 is 15.4 Å². The van der Waals surface area contributed by atoms with E-state index in [9.17, 15) is 4.79 Å². The molecule has 1 saturated carbocycles. The predicted molar refractivity (Wildman–Crippen MR) is 87.3 cm³/mol. The fraction of sp³-hybridized carbons (Fsp3) is 0.562. The molecule has 116 valence electrons. The van der Waals surface area contributed by atoms with Crippen molar-refractivity contribution in [3.05, 3.63) is 28.2 Å². The Balaban J connectivity index is 1.88. The second-order valence-corrected chi connectivity index (χ2v) is 6.82. The first-order valence-corrected chi connectivity index (χ1v) is 8.25. The fourth-order valence-electron chi connectivity index (χ4n) is 1.96. The molecule has 0 saturated heterocycles. The molecule has 0 unspecified atom stereocenters. The highest BCUT2D eigenvalue weighted by Crippen LogP contribution is 2.23. The fourth-order valence-corrected chi connectivity index (χ4v) is 2.37. The monoisotopic (exact) mass is 354 g/mol. The van der Waals surface area contributed by atoms with E-state index in [2.05, 4.69) is 40.4 Å². The van der Waals surface area contributed by atoms with E-state index in [1.807, 2.05) is 18.2 Å². The van der Waals surface area contributed by atoms with Crippen LogP contribution in [0.5, 0.6) is 5.75 Å². The molecule has 0 spiro atoms. The van der Waals surface area contributed by atoms with Crippen LogP contribution in [0.3, 0.4) is 0 Å². The Hall–Kier alpha value is -1.07. The maximum absolute atomic E-state index is 11.7. The number of carbonyl (C=O) groups is 1. The Morgan fingerprint density at radius 2 is 2.19 bits per heavy atom. The van der Waals surface area contributed by atoms with E-state index in [1.54, 1.807) is 0 Å². The Morgan fingerprint density at radius 3 is 2.86 bits per heavy atom. The van der Waals surface area contributed by atoms with Gasteiger partial charge in [-0.1, -0.05) is 29.8 Å². The minimum atomic E-state index is -0.0403. The van der Waals surface area contributed by atoms with E-state index >= 15 is 0 Å². The number of hydrogen-bond acceptors (Lipinski definition) is 3. The Bertz CT molecular complexity index is 487. The molecule has 0 bridgehead atoms. The largest absolute Gasteiger partial charge is 0.483 e. The normalized spacial score (nSPS) is 14.3. The van der Waals surface area contributed by atoms with Crippen molar-refractivity contribution in [2.75, 3.05) is 13.2 Å². The summed E-state index contributed by atoms with van der Waals surface area (Å²) in [5.74, 6) is 1.33. The lowest BCUT2D eigenvalue weighted by atomic mass is 10.2. The van der Waals surface area contributed by atoms with E-state index in [0.29, 0.717) is 12.0 Å². The van der Waals surface area contributed by atoms with Crippen molar-refractivity contribution in [2.24, 2.45) is 5.92 Å². The van der Waals surface area contributed by atoms with Crippen molar-refractivity contribution in [3.63, 3.8) is 0 Å². The lowest BCUT2D eigenvalue weighted by Gasteiger charge is -2.13. The highest BCUT2D eigenvalue weighted by molar-refractivity contribution is 9.10. The summed E-state index contributed by atoms with van der Waals surface area (Å²) in [4.78, 5) is 11.7. The summed E-state index contributed by atoms with van der Waals surface area (Å²) in [6.45, 7) is 6.11. The van der Waals surface area contributed by atoms with Crippen molar-refractivity contribution >= 4 is 21.8 Å². The molecule has 2 rings (SSSR count). The van der Waals surface area contributed by atoms with E-state index < -0.39 is 0 Å². The molecule has 1 amide bonds. The van der Waals surface area contributed by atoms with Crippen LogP contribution in [-0.4, -0.2) is 25.1 Å². The van der Waals surface area contributed by atoms with Gasteiger partial charge in [-0.15, -0.1) is 0 Å². The van der Waals surface area contributed by atoms with E-state index in [4.69, 9.17) is 4.74 Å². The molecule has 1 aliphatic rings. The van der Waals surface area contributed by atoms with Gasteiger partial charge in [-0.2, -0.15) is 0 Å². The minimum Gasteiger partial charge on any atom is -0.483 e. The van der Waals surface area contributed by atoms with Gasteiger partial charge in [-0.25, -0.2) is 0 Å². The SMILES string of the molecule is CC(C)CNCc1cc(Br)ccc1OCC(=O)NC1CC1. The number of benzene rings is 1. The van der Waals surface area contributed by atoms with Gasteiger partial charge in [0.25, 0.3) is 5.91 Å². The van der Waals surface area contributed by atoms with Gasteiger partial charge in [0.1, 0.15) is 5.75 Å². The van der Waals surface area contributed by atoms with Gasteiger partial charge in [0.05, 0.1) is 0 Å². The van der Waals surface area contributed by atoms with E-state index in [1.165, 1.54) is 0 Å². The molecule has 5 heteroatoms. The standard InChI is InChI=1S/C16H23BrN2O2/c1-11(2)8-18-9-12-7-13(17)3-6-15(12)21-10-16(20)19-14-4-5-14/h3,6-7,11,14,18H,4-5,8-10H2,1-2H3,(H,19,20). The molecule has 1 aromatic carbocycles. The third-order valence-corrected chi connectivity index (χ3v) is 3.69. The molecule has 1 aromatic rings. The smallest absolute Gasteiger partial charge is 0.258 e. The Morgan fingerprint density at radius 1 is 1.43 bits per heavy atom. The second-order valence-electron chi connectivity index (χ2n) is 5.91. The van der Waals surface area contributed by atoms with Gasteiger partial charge >= 0.3 is 0 Å². The predicted octanol–water partition coefficient (Wildman–Crippen LogP) is 2.85. The van der Waals surface area contributed by atoms with Gasteiger partial charge in [0, 0.05) is 22.6 Å². The van der Waals surface area contributed by atoms with Crippen LogP contribution in [0.1, 0.15) is 32.3 Å². The molecule has 0 radical (unpaired) electrons. The Labute approximate surface area is 134 Å². The van der Waals surface area contributed by atoms with Crippen molar-refractivity contribution in [1.29, 1.82) is 0 Å². The minimum absolute atomic E-state index is 0.0403. The third kappa shape index (κ3) is 6.06. The van der Waals surface area contributed by atoms with Gasteiger partial charge in [-0.3, -0.25) is 4.79 Å². The molecule has 0 atom stereocenters. The molecule has 4 nitrogen and oxygen atoms in total. The molecule has 1 fully saturated rings. The molecular formula is C16H23BrN2O2. The first-order chi connectivity index (χ1) is 10.0. The zero-order valence-corrected chi connectivity index (χ0v) is 14.2. The average molecular weight is 355 g/mol. The van der Waals surface area contributed by atoms with Crippen LogP contribution in [0, 0.1) is 5.92 Å². The first-order valence-electron chi connectivity index (χ1n) is 7.46. The highest BCUT2D eigenvalue weighted by Gasteiger charge is 2.23. The summed E-state index contributed by atoms with van der Waals surface area (Å²) in [5, 5.41) is 6.32. The lowest BCUT2D eigenvalue weighted by molar-refractivity contribution is -0.123. The number of rotatable bonds is 8. The van der Waals surface area contributed by atoms with Crippen LogP contribution in [0.2, 0.25) is 0 Å². The van der Waals surface area contributed by atoms with E-state index in [-0.39, 0.29) is 12.5 Å². The number of nitrogens with one attached hydrogen (secondary N) is 2. The van der Waals surface area contributed by atoms with Crippen molar-refractivity contribution in [2.45, 2.75) is 39.3 Å².